The molecule has 4 aliphatic rings. The van der Waals surface area contributed by atoms with E-state index in [0.29, 0.717) is 0 Å². The number of hydrogen-bond donors (Lipinski definition) is 2. The zero-order valence-electron chi connectivity index (χ0n) is 9.88. The van der Waals surface area contributed by atoms with E-state index >= 15 is 0 Å². The van der Waals surface area contributed by atoms with Gasteiger partial charge in [0.1, 0.15) is 0 Å². The molecule has 3 heterocycles. The van der Waals surface area contributed by atoms with Crippen LogP contribution in [0.15, 0.2) is 0 Å². The second kappa shape index (κ2) is 2.27. The van der Waals surface area contributed by atoms with E-state index in [1.54, 1.807) is 0 Å². The smallest absolute Gasteiger partial charge is 0.230 e. The Labute approximate surface area is 91.1 Å². The lowest BCUT2D eigenvalue weighted by atomic mass is 9.48. The molecule has 3 heteroatoms. The van der Waals surface area contributed by atoms with Gasteiger partial charge in [-0.3, -0.25) is 4.90 Å². The van der Waals surface area contributed by atoms with E-state index in [4.69, 9.17) is 0 Å². The third kappa shape index (κ3) is 1.07. The van der Waals surface area contributed by atoms with Crippen LogP contribution >= 0.6 is 0 Å². The lowest BCUT2D eigenvalue weighted by Gasteiger charge is -2.70. The average molecular weight is 211 g/mol. The quantitative estimate of drug-likeness (QED) is 0.591. The van der Waals surface area contributed by atoms with Crippen LogP contribution in [0.1, 0.15) is 40.0 Å². The van der Waals surface area contributed by atoms with Crippen molar-refractivity contribution in [3.8, 4) is 0 Å². The molecule has 2 atom stereocenters. The zero-order chi connectivity index (χ0) is 11.1. The Balaban J connectivity index is 2.10. The summed E-state index contributed by atoms with van der Waals surface area (Å²) in [7, 11) is 0. The van der Waals surface area contributed by atoms with Gasteiger partial charge in [-0.15, -0.1) is 0 Å². The average Bonchev–Trinajstić information content (AvgIpc) is 1.94. The Morgan fingerprint density at radius 3 is 1.73 bits per heavy atom. The standard InChI is InChI=1S/C12H21NO2/c1-9-4-10(2)6-11(3,5-9)12(14,15)13(7-9)8-10/h14-15H,4-8H2,1-3H3. The van der Waals surface area contributed by atoms with Crippen molar-refractivity contribution in [3.63, 3.8) is 0 Å². The van der Waals surface area contributed by atoms with Crippen LogP contribution in [-0.4, -0.2) is 34.1 Å². The molecular weight excluding hydrogens is 190 g/mol. The molecule has 0 radical (unpaired) electrons. The minimum absolute atomic E-state index is 0.287. The number of piperidine rings is 3. The third-order valence-electron chi connectivity index (χ3n) is 4.88. The van der Waals surface area contributed by atoms with Crippen LogP contribution in [0.5, 0.6) is 0 Å². The van der Waals surface area contributed by atoms with E-state index in [0.717, 1.165) is 25.9 Å². The van der Waals surface area contributed by atoms with E-state index < -0.39 is 5.91 Å². The van der Waals surface area contributed by atoms with Gasteiger partial charge in [-0.25, -0.2) is 0 Å². The first-order valence-electron chi connectivity index (χ1n) is 5.88. The second-order valence-electron chi connectivity index (χ2n) is 7.20. The molecule has 2 N–H and O–H groups in total. The van der Waals surface area contributed by atoms with Gasteiger partial charge in [-0.1, -0.05) is 20.8 Å². The van der Waals surface area contributed by atoms with Crippen LogP contribution in [-0.2, 0) is 0 Å². The molecule has 1 saturated carbocycles. The van der Waals surface area contributed by atoms with Crippen LogP contribution in [0.3, 0.4) is 0 Å². The molecule has 4 bridgehead atoms. The van der Waals surface area contributed by atoms with Gasteiger partial charge in [0.25, 0.3) is 0 Å². The highest BCUT2D eigenvalue weighted by molar-refractivity contribution is 5.13. The molecule has 0 spiro atoms. The van der Waals surface area contributed by atoms with Crippen molar-refractivity contribution in [3.05, 3.63) is 0 Å². The molecule has 0 aromatic rings. The fourth-order valence-corrected chi connectivity index (χ4v) is 5.14. The summed E-state index contributed by atoms with van der Waals surface area (Å²) in [5.41, 5.74) is 0.231. The third-order valence-corrected chi connectivity index (χ3v) is 4.88. The van der Waals surface area contributed by atoms with Crippen molar-refractivity contribution >= 4 is 0 Å². The lowest BCUT2D eigenvalue weighted by molar-refractivity contribution is -0.404. The van der Waals surface area contributed by atoms with Gasteiger partial charge >= 0.3 is 0 Å². The van der Waals surface area contributed by atoms with Crippen LogP contribution in [0.2, 0.25) is 0 Å². The molecular formula is C12H21NO2. The fourth-order valence-electron chi connectivity index (χ4n) is 5.14. The van der Waals surface area contributed by atoms with E-state index in [1.165, 1.54) is 6.42 Å². The normalized spacial score (nSPS) is 61.0. The van der Waals surface area contributed by atoms with Crippen molar-refractivity contribution in [2.24, 2.45) is 16.2 Å². The van der Waals surface area contributed by atoms with E-state index in [-0.39, 0.29) is 16.2 Å². The van der Waals surface area contributed by atoms with Gasteiger partial charge in [0.15, 0.2) is 0 Å². The van der Waals surface area contributed by atoms with Gasteiger partial charge in [0, 0.05) is 18.5 Å². The van der Waals surface area contributed by atoms with Crippen LogP contribution in [0.25, 0.3) is 0 Å². The molecule has 3 aliphatic heterocycles. The highest BCUT2D eigenvalue weighted by Crippen LogP contribution is 2.65. The second-order valence-corrected chi connectivity index (χ2v) is 7.20. The number of hydrogen-bond acceptors (Lipinski definition) is 3. The summed E-state index contributed by atoms with van der Waals surface area (Å²) in [6.45, 7) is 8.30. The van der Waals surface area contributed by atoms with Crippen LogP contribution < -0.4 is 0 Å². The van der Waals surface area contributed by atoms with Crippen molar-refractivity contribution < 1.29 is 10.2 Å². The van der Waals surface area contributed by atoms with E-state index in [2.05, 4.69) is 13.8 Å². The van der Waals surface area contributed by atoms with Gasteiger partial charge in [0.05, 0.1) is 0 Å². The highest BCUT2D eigenvalue weighted by Gasteiger charge is 2.68. The molecule has 0 amide bonds. The summed E-state index contributed by atoms with van der Waals surface area (Å²) in [4.78, 5) is 1.89. The summed E-state index contributed by atoms with van der Waals surface area (Å²) in [6.07, 6.45) is 3.13. The Bertz CT molecular complexity index is 308. The highest BCUT2D eigenvalue weighted by atomic mass is 16.5. The molecule has 3 nitrogen and oxygen atoms in total. The molecule has 0 aromatic heterocycles. The summed E-state index contributed by atoms with van der Waals surface area (Å²) in [5.74, 6) is -1.58. The summed E-state index contributed by atoms with van der Waals surface area (Å²) in [6, 6.07) is 0. The Morgan fingerprint density at radius 1 is 0.867 bits per heavy atom. The van der Waals surface area contributed by atoms with Gasteiger partial charge < -0.3 is 10.2 Å². The Kier molecular flexibility index (Phi) is 1.52. The molecule has 4 rings (SSSR count). The van der Waals surface area contributed by atoms with E-state index in [1.807, 2.05) is 11.8 Å². The first kappa shape index (κ1) is 10.1. The van der Waals surface area contributed by atoms with Crippen LogP contribution in [0, 0.1) is 16.2 Å². The zero-order valence-corrected chi connectivity index (χ0v) is 9.88. The van der Waals surface area contributed by atoms with Crippen molar-refractivity contribution in [2.45, 2.75) is 45.9 Å². The van der Waals surface area contributed by atoms with Crippen molar-refractivity contribution in [1.29, 1.82) is 0 Å². The summed E-state index contributed by atoms with van der Waals surface area (Å²) in [5, 5.41) is 20.5. The van der Waals surface area contributed by atoms with Crippen molar-refractivity contribution in [2.75, 3.05) is 13.1 Å². The minimum atomic E-state index is -1.58. The maximum absolute atomic E-state index is 10.3. The van der Waals surface area contributed by atoms with Crippen molar-refractivity contribution in [1.82, 2.24) is 4.90 Å². The predicted octanol–water partition coefficient (Wildman–Crippen LogP) is 1.16. The van der Waals surface area contributed by atoms with E-state index in [9.17, 15) is 10.2 Å². The van der Waals surface area contributed by atoms with Gasteiger partial charge in [0.2, 0.25) is 5.91 Å². The summed E-state index contributed by atoms with van der Waals surface area (Å²) >= 11 is 0. The van der Waals surface area contributed by atoms with Crippen LogP contribution in [0.4, 0.5) is 0 Å². The lowest BCUT2D eigenvalue weighted by Crippen LogP contribution is -2.76. The van der Waals surface area contributed by atoms with Gasteiger partial charge in [-0.05, 0) is 30.1 Å². The fraction of sp³-hybridized carbons (Fsp3) is 1.00. The predicted molar refractivity (Wildman–Crippen MR) is 56.9 cm³/mol. The number of nitrogens with zero attached hydrogens (tertiary/aromatic N) is 1. The first-order valence-corrected chi connectivity index (χ1v) is 5.88. The molecule has 1 aliphatic carbocycles. The van der Waals surface area contributed by atoms with Gasteiger partial charge in [-0.2, -0.15) is 0 Å². The first-order chi connectivity index (χ1) is 6.68. The molecule has 3 saturated heterocycles. The summed E-state index contributed by atoms with van der Waals surface area (Å²) < 4.78 is 0. The Hall–Kier alpha value is -0.120. The maximum atomic E-state index is 10.3. The largest absolute Gasteiger partial charge is 0.353 e. The Morgan fingerprint density at radius 2 is 1.33 bits per heavy atom. The maximum Gasteiger partial charge on any atom is 0.230 e. The number of rotatable bonds is 0. The molecule has 4 fully saturated rings. The SMILES string of the molecule is CC12CN3CC(C)(C1)CC(C)(C2)C3(O)O. The molecule has 2 unspecified atom stereocenters. The number of aliphatic hydroxyl groups is 2. The molecule has 0 aromatic carbocycles. The molecule has 86 valence electrons. The molecule has 15 heavy (non-hydrogen) atoms. The topological polar surface area (TPSA) is 43.7 Å². The monoisotopic (exact) mass is 211 g/mol. The minimum Gasteiger partial charge on any atom is -0.353 e.